The molecule has 1 amide bonds. The molecule has 3 atom stereocenters. The maximum absolute atomic E-state index is 12.2. The number of hydrogen-bond donors (Lipinski definition) is 2. The average Bonchev–Trinajstić information content (AvgIpc) is 2.91. The van der Waals surface area contributed by atoms with Gasteiger partial charge in [-0.25, -0.2) is 0 Å². The molecule has 0 radical (unpaired) electrons. The van der Waals surface area contributed by atoms with E-state index in [1.807, 2.05) is 13.8 Å². The molecule has 1 aliphatic rings. The molecule has 106 valence electrons. The fraction of sp³-hybridized carbons (Fsp3) is 0.643. The van der Waals surface area contributed by atoms with Gasteiger partial charge in [0.1, 0.15) is 5.25 Å². The zero-order valence-electron chi connectivity index (χ0n) is 11.4. The molecule has 2 N–H and O–H groups in total. The number of aryl methyl sites for hydroxylation is 1. The maximum Gasteiger partial charge on any atom is 0.237 e. The van der Waals surface area contributed by atoms with Crippen molar-refractivity contribution in [1.29, 1.82) is 0 Å². The number of rotatable bonds is 5. The standard InChI is InChI=1S/C14H21NO2S2/c1-3-9(2)11(16)8-15-14(17)13-10-4-6-18-12(10)5-7-19-13/h4,6,9,11,13,16H,3,5,7-8H2,1-2H3,(H,15,17). The number of fused-ring (bicyclic) bond motifs is 1. The molecule has 0 saturated carbocycles. The summed E-state index contributed by atoms with van der Waals surface area (Å²) < 4.78 is 0. The van der Waals surface area contributed by atoms with Crippen LogP contribution in [-0.4, -0.2) is 29.4 Å². The Morgan fingerprint density at radius 3 is 3.16 bits per heavy atom. The first kappa shape index (κ1) is 14.9. The van der Waals surface area contributed by atoms with Crippen molar-refractivity contribution in [3.8, 4) is 0 Å². The number of carbonyl (C=O) groups is 1. The minimum absolute atomic E-state index is 0.0340. The van der Waals surface area contributed by atoms with Crippen molar-refractivity contribution in [2.75, 3.05) is 12.3 Å². The smallest absolute Gasteiger partial charge is 0.237 e. The highest BCUT2D eigenvalue weighted by atomic mass is 32.2. The Morgan fingerprint density at radius 2 is 2.42 bits per heavy atom. The molecule has 2 rings (SSSR count). The molecule has 0 aromatic carbocycles. The van der Waals surface area contributed by atoms with E-state index in [0.29, 0.717) is 6.54 Å². The molecular formula is C14H21NO2S2. The minimum atomic E-state index is -0.454. The first-order valence-electron chi connectivity index (χ1n) is 6.77. The predicted octanol–water partition coefficient (Wildman–Crippen LogP) is 2.60. The number of thioether (sulfide) groups is 1. The minimum Gasteiger partial charge on any atom is -0.391 e. The second-order valence-electron chi connectivity index (χ2n) is 5.00. The second kappa shape index (κ2) is 6.77. The van der Waals surface area contributed by atoms with E-state index >= 15 is 0 Å². The highest BCUT2D eigenvalue weighted by molar-refractivity contribution is 8.00. The summed E-state index contributed by atoms with van der Waals surface area (Å²) in [4.78, 5) is 13.6. The lowest BCUT2D eigenvalue weighted by molar-refractivity contribution is -0.121. The molecule has 0 aliphatic carbocycles. The van der Waals surface area contributed by atoms with Gasteiger partial charge < -0.3 is 10.4 Å². The summed E-state index contributed by atoms with van der Waals surface area (Å²) in [5.41, 5.74) is 1.16. The molecular weight excluding hydrogens is 278 g/mol. The van der Waals surface area contributed by atoms with E-state index in [1.54, 1.807) is 23.1 Å². The zero-order chi connectivity index (χ0) is 13.8. The monoisotopic (exact) mass is 299 g/mol. The van der Waals surface area contributed by atoms with E-state index in [0.717, 1.165) is 24.2 Å². The van der Waals surface area contributed by atoms with Crippen LogP contribution in [0.2, 0.25) is 0 Å². The molecule has 1 aromatic heterocycles. The molecule has 0 spiro atoms. The van der Waals surface area contributed by atoms with E-state index in [4.69, 9.17) is 0 Å². The first-order valence-corrected chi connectivity index (χ1v) is 8.70. The molecule has 3 nitrogen and oxygen atoms in total. The summed E-state index contributed by atoms with van der Waals surface area (Å²) in [7, 11) is 0. The third-order valence-electron chi connectivity index (χ3n) is 3.70. The van der Waals surface area contributed by atoms with Crippen LogP contribution in [0.4, 0.5) is 0 Å². The molecule has 5 heteroatoms. The molecule has 1 aromatic rings. The lowest BCUT2D eigenvalue weighted by atomic mass is 10.0. The Labute approximate surface area is 122 Å². The van der Waals surface area contributed by atoms with Crippen LogP contribution in [0, 0.1) is 5.92 Å². The van der Waals surface area contributed by atoms with Gasteiger partial charge in [-0.2, -0.15) is 0 Å². The largest absolute Gasteiger partial charge is 0.391 e. The van der Waals surface area contributed by atoms with Gasteiger partial charge in [-0.05, 0) is 35.1 Å². The van der Waals surface area contributed by atoms with Crippen LogP contribution in [0.15, 0.2) is 11.4 Å². The summed E-state index contributed by atoms with van der Waals surface area (Å²) in [6.07, 6.45) is 1.53. The Bertz CT molecular complexity index is 433. The van der Waals surface area contributed by atoms with Crippen molar-refractivity contribution in [3.63, 3.8) is 0 Å². The van der Waals surface area contributed by atoms with Gasteiger partial charge in [0.05, 0.1) is 6.10 Å². The van der Waals surface area contributed by atoms with Crippen LogP contribution >= 0.6 is 23.1 Å². The van der Waals surface area contributed by atoms with E-state index < -0.39 is 6.10 Å². The van der Waals surface area contributed by atoms with Crippen LogP contribution in [0.1, 0.15) is 36.0 Å². The molecule has 0 saturated heterocycles. The average molecular weight is 299 g/mol. The molecule has 1 aliphatic heterocycles. The van der Waals surface area contributed by atoms with E-state index in [2.05, 4.69) is 16.8 Å². The van der Waals surface area contributed by atoms with Crippen molar-refractivity contribution in [2.45, 2.75) is 38.0 Å². The van der Waals surface area contributed by atoms with Gasteiger partial charge in [-0.1, -0.05) is 20.3 Å². The van der Waals surface area contributed by atoms with Crippen molar-refractivity contribution in [3.05, 3.63) is 21.9 Å². The number of amides is 1. The summed E-state index contributed by atoms with van der Waals surface area (Å²) >= 11 is 3.43. The third kappa shape index (κ3) is 3.52. The Morgan fingerprint density at radius 1 is 1.63 bits per heavy atom. The molecule has 19 heavy (non-hydrogen) atoms. The van der Waals surface area contributed by atoms with Crippen molar-refractivity contribution < 1.29 is 9.90 Å². The van der Waals surface area contributed by atoms with Crippen LogP contribution in [0.25, 0.3) is 0 Å². The quantitative estimate of drug-likeness (QED) is 0.878. The number of aliphatic hydroxyl groups excluding tert-OH is 1. The highest BCUT2D eigenvalue weighted by Gasteiger charge is 2.28. The highest BCUT2D eigenvalue weighted by Crippen LogP contribution is 2.39. The Balaban J connectivity index is 1.92. The lowest BCUT2D eigenvalue weighted by Gasteiger charge is -2.23. The van der Waals surface area contributed by atoms with Crippen molar-refractivity contribution >= 4 is 29.0 Å². The van der Waals surface area contributed by atoms with Gasteiger partial charge in [0.25, 0.3) is 0 Å². The SMILES string of the molecule is CCC(C)C(O)CNC(=O)C1SCCc2sccc21. The number of nitrogens with one attached hydrogen (secondary N) is 1. The number of thiophene rings is 1. The van der Waals surface area contributed by atoms with E-state index in [-0.39, 0.29) is 17.1 Å². The summed E-state index contributed by atoms with van der Waals surface area (Å²) in [5, 5.41) is 14.8. The molecule has 3 unspecified atom stereocenters. The Hall–Kier alpha value is -0.520. The summed E-state index contributed by atoms with van der Waals surface area (Å²) in [5.74, 6) is 1.25. The van der Waals surface area contributed by atoms with Gasteiger partial charge in [0, 0.05) is 11.4 Å². The Kier molecular flexibility index (Phi) is 5.30. The molecule has 2 heterocycles. The predicted molar refractivity (Wildman–Crippen MR) is 81.7 cm³/mol. The number of hydrogen-bond acceptors (Lipinski definition) is 4. The number of aliphatic hydroxyl groups is 1. The van der Waals surface area contributed by atoms with Crippen molar-refractivity contribution in [1.82, 2.24) is 5.32 Å². The fourth-order valence-corrected chi connectivity index (χ4v) is 4.45. The second-order valence-corrected chi connectivity index (χ2v) is 7.21. The first-order chi connectivity index (χ1) is 9.13. The molecule has 0 bridgehead atoms. The lowest BCUT2D eigenvalue weighted by Crippen LogP contribution is -2.37. The van der Waals surface area contributed by atoms with Crippen molar-refractivity contribution in [2.24, 2.45) is 5.92 Å². The van der Waals surface area contributed by atoms with Crippen LogP contribution < -0.4 is 5.32 Å². The maximum atomic E-state index is 12.2. The van der Waals surface area contributed by atoms with Crippen LogP contribution in [0.5, 0.6) is 0 Å². The summed E-state index contributed by atoms with van der Waals surface area (Å²) in [6, 6.07) is 2.06. The fourth-order valence-electron chi connectivity index (χ4n) is 2.13. The van der Waals surface area contributed by atoms with E-state index in [1.165, 1.54) is 4.88 Å². The van der Waals surface area contributed by atoms with Gasteiger partial charge in [-0.15, -0.1) is 23.1 Å². The van der Waals surface area contributed by atoms with Gasteiger partial charge in [-0.3, -0.25) is 4.79 Å². The molecule has 0 fully saturated rings. The van der Waals surface area contributed by atoms with Crippen LogP contribution in [0.3, 0.4) is 0 Å². The zero-order valence-corrected chi connectivity index (χ0v) is 13.0. The van der Waals surface area contributed by atoms with Gasteiger partial charge in [0.2, 0.25) is 5.91 Å². The summed E-state index contributed by atoms with van der Waals surface area (Å²) in [6.45, 7) is 4.40. The third-order valence-corrected chi connectivity index (χ3v) is 5.94. The number of carbonyl (C=O) groups excluding carboxylic acids is 1. The topological polar surface area (TPSA) is 49.3 Å². The van der Waals surface area contributed by atoms with Gasteiger partial charge >= 0.3 is 0 Å². The normalized spacial score (nSPS) is 21.5. The van der Waals surface area contributed by atoms with Crippen LogP contribution in [-0.2, 0) is 11.2 Å². The van der Waals surface area contributed by atoms with Gasteiger partial charge in [0.15, 0.2) is 0 Å². The van der Waals surface area contributed by atoms with E-state index in [9.17, 15) is 9.90 Å².